The molecule has 2 aliphatic heterocycles. The fourth-order valence-electron chi connectivity index (χ4n) is 4.02. The lowest BCUT2D eigenvalue weighted by Crippen LogP contribution is -2.41. The molecule has 29 heavy (non-hydrogen) atoms. The second kappa shape index (κ2) is 8.08. The van der Waals surface area contributed by atoms with Crippen molar-refractivity contribution in [1.82, 2.24) is 15.1 Å². The Morgan fingerprint density at radius 1 is 1.17 bits per heavy atom. The summed E-state index contributed by atoms with van der Waals surface area (Å²) in [4.78, 5) is 41.8. The van der Waals surface area contributed by atoms with Crippen molar-refractivity contribution >= 4 is 29.1 Å². The Hall–Kier alpha value is -2.51. The number of fused-ring (bicyclic) bond motifs is 1. The lowest BCUT2D eigenvalue weighted by Gasteiger charge is -2.36. The Bertz CT molecular complexity index is 933. The number of hydrogen-bond acceptors (Lipinski definition) is 5. The molecule has 1 fully saturated rings. The monoisotopic (exact) mass is 411 g/mol. The van der Waals surface area contributed by atoms with Gasteiger partial charge in [0.25, 0.3) is 17.7 Å². The van der Waals surface area contributed by atoms with Gasteiger partial charge in [-0.25, -0.2) is 0 Å². The number of amides is 3. The SMILES string of the molecule is CC1CCN(C(CNC(=O)c2ccc3c(c2)C(=O)N(C)C3=O)c2cccs2)CC1. The van der Waals surface area contributed by atoms with Crippen molar-refractivity contribution in [2.45, 2.75) is 25.8 Å². The summed E-state index contributed by atoms with van der Waals surface area (Å²) >= 11 is 1.71. The van der Waals surface area contributed by atoms with Crippen molar-refractivity contribution in [1.29, 1.82) is 0 Å². The van der Waals surface area contributed by atoms with Gasteiger partial charge in [-0.2, -0.15) is 0 Å². The van der Waals surface area contributed by atoms with Crippen LogP contribution in [0.1, 0.15) is 61.8 Å². The standard InChI is InChI=1S/C22H25N3O3S/c1-14-7-9-25(10-8-14)18(19-4-3-11-29-19)13-23-20(26)15-5-6-16-17(12-15)22(28)24(2)21(16)27/h3-6,11-12,14,18H,7-10,13H2,1-2H3,(H,23,26). The highest BCUT2D eigenvalue weighted by Gasteiger charge is 2.33. The van der Waals surface area contributed by atoms with E-state index in [0.717, 1.165) is 23.9 Å². The van der Waals surface area contributed by atoms with Crippen LogP contribution in [0.2, 0.25) is 0 Å². The molecule has 1 atom stereocenters. The predicted octanol–water partition coefficient (Wildman–Crippen LogP) is 3.18. The zero-order chi connectivity index (χ0) is 20.5. The van der Waals surface area contributed by atoms with Crippen LogP contribution >= 0.6 is 11.3 Å². The fraction of sp³-hybridized carbons (Fsp3) is 0.409. The Morgan fingerprint density at radius 2 is 1.90 bits per heavy atom. The van der Waals surface area contributed by atoms with Gasteiger partial charge in [-0.15, -0.1) is 11.3 Å². The van der Waals surface area contributed by atoms with E-state index in [4.69, 9.17) is 0 Å². The minimum absolute atomic E-state index is 0.148. The minimum Gasteiger partial charge on any atom is -0.350 e. The molecular weight excluding hydrogens is 386 g/mol. The van der Waals surface area contributed by atoms with Gasteiger partial charge in [0.15, 0.2) is 0 Å². The van der Waals surface area contributed by atoms with Crippen LogP contribution in [0.25, 0.3) is 0 Å². The second-order valence-electron chi connectivity index (χ2n) is 7.89. The molecule has 1 aromatic heterocycles. The van der Waals surface area contributed by atoms with Gasteiger partial charge in [0, 0.05) is 24.0 Å². The van der Waals surface area contributed by atoms with Gasteiger partial charge in [0.2, 0.25) is 0 Å². The first-order valence-corrected chi connectivity index (χ1v) is 10.9. The van der Waals surface area contributed by atoms with Gasteiger partial charge in [0.1, 0.15) is 0 Å². The summed E-state index contributed by atoms with van der Waals surface area (Å²) in [5, 5.41) is 5.11. The number of benzene rings is 1. The summed E-state index contributed by atoms with van der Waals surface area (Å²) in [6.07, 6.45) is 2.34. The van der Waals surface area contributed by atoms with Crippen LogP contribution in [-0.2, 0) is 0 Å². The quantitative estimate of drug-likeness (QED) is 0.768. The maximum absolute atomic E-state index is 12.8. The average Bonchev–Trinajstić information content (AvgIpc) is 3.33. The van der Waals surface area contributed by atoms with E-state index in [1.165, 1.54) is 30.8 Å². The molecule has 0 aliphatic carbocycles. The van der Waals surface area contributed by atoms with Crippen molar-refractivity contribution in [2.24, 2.45) is 5.92 Å². The normalized spacial score (nSPS) is 18.8. The fourth-order valence-corrected chi connectivity index (χ4v) is 4.89. The molecule has 0 radical (unpaired) electrons. The van der Waals surface area contributed by atoms with Crippen LogP contribution < -0.4 is 5.32 Å². The van der Waals surface area contributed by atoms with Gasteiger partial charge in [0.05, 0.1) is 17.2 Å². The van der Waals surface area contributed by atoms with Gasteiger partial charge < -0.3 is 5.32 Å². The zero-order valence-corrected chi connectivity index (χ0v) is 17.5. The van der Waals surface area contributed by atoms with Crippen LogP contribution in [0.3, 0.4) is 0 Å². The maximum Gasteiger partial charge on any atom is 0.261 e. The van der Waals surface area contributed by atoms with E-state index in [0.29, 0.717) is 23.2 Å². The Morgan fingerprint density at radius 3 is 2.59 bits per heavy atom. The van der Waals surface area contributed by atoms with Crippen molar-refractivity contribution in [3.8, 4) is 0 Å². The highest BCUT2D eigenvalue weighted by molar-refractivity contribution is 7.10. The van der Waals surface area contributed by atoms with Gasteiger partial charge in [-0.05, 0) is 61.5 Å². The highest BCUT2D eigenvalue weighted by Crippen LogP contribution is 2.29. The van der Waals surface area contributed by atoms with Crippen LogP contribution in [-0.4, -0.2) is 54.2 Å². The molecule has 4 rings (SSSR count). The van der Waals surface area contributed by atoms with E-state index in [1.54, 1.807) is 23.5 Å². The molecule has 1 saturated heterocycles. The summed E-state index contributed by atoms with van der Waals surface area (Å²) in [7, 11) is 1.45. The lowest BCUT2D eigenvalue weighted by atomic mass is 9.97. The molecule has 1 N–H and O–H groups in total. The van der Waals surface area contributed by atoms with Gasteiger partial charge in [-0.3, -0.25) is 24.2 Å². The van der Waals surface area contributed by atoms with E-state index in [9.17, 15) is 14.4 Å². The molecule has 0 spiro atoms. The molecule has 1 unspecified atom stereocenters. The number of likely N-dealkylation sites (tertiary alicyclic amines) is 1. The third-order valence-electron chi connectivity index (χ3n) is 5.94. The first-order valence-electron chi connectivity index (χ1n) is 9.97. The topological polar surface area (TPSA) is 69.7 Å². The summed E-state index contributed by atoms with van der Waals surface area (Å²) in [5.41, 5.74) is 1.05. The number of rotatable bonds is 5. The largest absolute Gasteiger partial charge is 0.350 e. The van der Waals surface area contributed by atoms with Crippen molar-refractivity contribution in [3.63, 3.8) is 0 Å². The van der Waals surface area contributed by atoms with E-state index in [2.05, 4.69) is 28.6 Å². The predicted molar refractivity (Wildman–Crippen MR) is 112 cm³/mol. The minimum atomic E-state index is -0.362. The van der Waals surface area contributed by atoms with Crippen molar-refractivity contribution in [2.75, 3.05) is 26.7 Å². The number of carbonyl (C=O) groups is 3. The summed E-state index contributed by atoms with van der Waals surface area (Å²) in [5.74, 6) is -0.170. The Labute approximate surface area is 174 Å². The molecule has 1 aromatic carbocycles. The third-order valence-corrected chi connectivity index (χ3v) is 6.91. The zero-order valence-electron chi connectivity index (χ0n) is 16.7. The summed E-state index contributed by atoms with van der Waals surface area (Å²) in [6.45, 7) is 4.86. The van der Waals surface area contributed by atoms with E-state index < -0.39 is 0 Å². The van der Waals surface area contributed by atoms with E-state index >= 15 is 0 Å². The maximum atomic E-state index is 12.8. The number of hydrogen-bond donors (Lipinski definition) is 1. The average molecular weight is 412 g/mol. The van der Waals surface area contributed by atoms with Gasteiger partial charge in [-0.1, -0.05) is 13.0 Å². The molecule has 6 nitrogen and oxygen atoms in total. The first-order chi connectivity index (χ1) is 14.0. The van der Waals surface area contributed by atoms with Gasteiger partial charge >= 0.3 is 0 Å². The highest BCUT2D eigenvalue weighted by atomic mass is 32.1. The van der Waals surface area contributed by atoms with Crippen LogP contribution in [0, 0.1) is 5.92 Å². The van der Waals surface area contributed by atoms with E-state index in [1.807, 2.05) is 6.07 Å². The van der Waals surface area contributed by atoms with Crippen molar-refractivity contribution in [3.05, 3.63) is 57.3 Å². The molecular formula is C22H25N3O3S. The second-order valence-corrected chi connectivity index (χ2v) is 8.87. The number of nitrogens with zero attached hydrogens (tertiary/aromatic N) is 2. The third kappa shape index (κ3) is 3.84. The first kappa shape index (κ1) is 19.8. The molecule has 2 aliphatic rings. The molecule has 152 valence electrons. The van der Waals surface area contributed by atoms with Crippen molar-refractivity contribution < 1.29 is 14.4 Å². The number of imide groups is 1. The molecule has 7 heteroatoms. The number of nitrogens with one attached hydrogen (secondary N) is 1. The summed E-state index contributed by atoms with van der Waals surface area (Å²) in [6, 6.07) is 9.01. The van der Waals surface area contributed by atoms with E-state index in [-0.39, 0.29) is 23.8 Å². The molecule has 3 heterocycles. The number of piperidine rings is 1. The number of carbonyl (C=O) groups excluding carboxylic acids is 3. The van der Waals surface area contributed by atoms with Crippen LogP contribution in [0.5, 0.6) is 0 Å². The molecule has 0 bridgehead atoms. The molecule has 0 saturated carbocycles. The Kier molecular flexibility index (Phi) is 5.52. The van der Waals surface area contributed by atoms with Crippen LogP contribution in [0.15, 0.2) is 35.7 Å². The number of thiophene rings is 1. The lowest BCUT2D eigenvalue weighted by molar-refractivity contribution is 0.0693. The smallest absolute Gasteiger partial charge is 0.261 e. The van der Waals surface area contributed by atoms with Crippen LogP contribution in [0.4, 0.5) is 0 Å². The molecule has 2 aromatic rings. The summed E-state index contributed by atoms with van der Waals surface area (Å²) < 4.78 is 0. The Balaban J connectivity index is 1.48. The molecule has 3 amide bonds.